The van der Waals surface area contributed by atoms with E-state index in [-0.39, 0.29) is 18.1 Å². The van der Waals surface area contributed by atoms with E-state index in [0.29, 0.717) is 24.3 Å². The number of methoxy groups -OCH3 is 1. The minimum atomic E-state index is 0.236. The van der Waals surface area contributed by atoms with Gasteiger partial charge in [0.1, 0.15) is 0 Å². The van der Waals surface area contributed by atoms with Crippen molar-refractivity contribution < 1.29 is 19.0 Å². The number of ether oxygens (including phenoxy) is 3. The van der Waals surface area contributed by atoms with Crippen molar-refractivity contribution in [3.8, 4) is 17.2 Å². The Morgan fingerprint density at radius 1 is 1.11 bits per heavy atom. The molecule has 1 fully saturated rings. The number of unbranched alkanes of at least 4 members (excludes halogenated alkanes) is 2. The molecule has 0 spiro atoms. The number of hydrogen-bond donors (Lipinski definition) is 0. The normalized spacial score (nSPS) is 19.8. The minimum Gasteiger partial charge on any atom is -0.493 e. The fourth-order valence-electron chi connectivity index (χ4n) is 5.77. The molecule has 0 radical (unpaired) electrons. The van der Waals surface area contributed by atoms with Crippen LogP contribution in [0.25, 0.3) is 0 Å². The van der Waals surface area contributed by atoms with E-state index in [1.165, 1.54) is 18.4 Å². The number of carbonyl (C=O) groups excluding carboxylic acids is 1. The summed E-state index contributed by atoms with van der Waals surface area (Å²) >= 11 is 0. The second kappa shape index (κ2) is 12.8. The maximum Gasteiger partial charge on any atom is 0.236 e. The molecule has 198 valence electrons. The Bertz CT molecular complexity index is 817. The number of amides is 1. The van der Waals surface area contributed by atoms with Crippen molar-refractivity contribution in [3.63, 3.8) is 0 Å². The highest BCUT2D eigenvalue weighted by molar-refractivity contribution is 5.78. The second-order valence-corrected chi connectivity index (χ2v) is 11.2. The summed E-state index contributed by atoms with van der Waals surface area (Å²) in [7, 11) is 1.68. The Labute approximate surface area is 213 Å². The molecular weight excluding hydrogens is 440 g/mol. The van der Waals surface area contributed by atoms with Crippen LogP contribution in [0.15, 0.2) is 12.1 Å². The van der Waals surface area contributed by atoms with Gasteiger partial charge in [-0.3, -0.25) is 9.69 Å². The summed E-state index contributed by atoms with van der Waals surface area (Å²) in [4.78, 5) is 18.0. The quantitative estimate of drug-likeness (QED) is 0.311. The van der Waals surface area contributed by atoms with Crippen molar-refractivity contribution >= 4 is 5.91 Å². The summed E-state index contributed by atoms with van der Waals surface area (Å²) in [6.07, 6.45) is 8.91. The first-order chi connectivity index (χ1) is 16.8. The fourth-order valence-corrected chi connectivity index (χ4v) is 5.77. The van der Waals surface area contributed by atoms with Crippen LogP contribution in [0.1, 0.15) is 97.5 Å². The predicted molar refractivity (Wildman–Crippen MR) is 142 cm³/mol. The maximum absolute atomic E-state index is 13.5. The standard InChI is InChI=1S/C29H48N2O4/c1-7-10-13-30(14-11-8-2)27(32)20-31-19-23(15-24(31)18-29(4,5)12-9-3)22-16-25(33-6)28-26(17-22)34-21-35-28/h16-17,23-24H,7-15,18-21H2,1-6H3/t23-,24-/m1/s1. The number of fused-ring (bicyclic) bond motifs is 1. The third kappa shape index (κ3) is 7.28. The summed E-state index contributed by atoms with van der Waals surface area (Å²) in [5.74, 6) is 2.83. The monoisotopic (exact) mass is 488 g/mol. The van der Waals surface area contributed by atoms with Gasteiger partial charge in [-0.2, -0.15) is 0 Å². The van der Waals surface area contributed by atoms with E-state index in [1.54, 1.807) is 7.11 Å². The van der Waals surface area contributed by atoms with Crippen LogP contribution in [0.4, 0.5) is 0 Å². The zero-order valence-electron chi connectivity index (χ0n) is 23.0. The lowest BCUT2D eigenvalue weighted by Crippen LogP contribution is -2.44. The van der Waals surface area contributed by atoms with Gasteiger partial charge in [-0.15, -0.1) is 0 Å². The van der Waals surface area contributed by atoms with Crippen LogP contribution in [0, 0.1) is 5.41 Å². The topological polar surface area (TPSA) is 51.2 Å². The van der Waals surface area contributed by atoms with Crippen LogP contribution in [-0.4, -0.2) is 61.8 Å². The van der Waals surface area contributed by atoms with E-state index in [9.17, 15) is 4.79 Å². The van der Waals surface area contributed by atoms with E-state index in [1.807, 2.05) is 0 Å². The molecule has 0 N–H and O–H groups in total. The molecule has 2 atom stereocenters. The van der Waals surface area contributed by atoms with Crippen LogP contribution in [0.5, 0.6) is 17.2 Å². The lowest BCUT2D eigenvalue weighted by molar-refractivity contribution is -0.133. The molecular formula is C29H48N2O4. The van der Waals surface area contributed by atoms with Crippen molar-refractivity contribution in [3.05, 3.63) is 17.7 Å². The Hall–Kier alpha value is -1.95. The van der Waals surface area contributed by atoms with Gasteiger partial charge in [0.05, 0.1) is 13.7 Å². The number of carbonyl (C=O) groups is 1. The SMILES string of the molecule is CCCCN(CCCC)C(=O)CN1C[C@H](c2cc(OC)c3c(c2)OCO3)C[C@@H]1CC(C)(C)CCC. The first kappa shape index (κ1) is 27.6. The summed E-state index contributed by atoms with van der Waals surface area (Å²) in [5.41, 5.74) is 1.47. The fraction of sp³-hybridized carbons (Fsp3) is 0.759. The summed E-state index contributed by atoms with van der Waals surface area (Å²) in [6, 6.07) is 4.61. The Morgan fingerprint density at radius 3 is 2.46 bits per heavy atom. The Balaban J connectivity index is 1.80. The van der Waals surface area contributed by atoms with Crippen LogP contribution >= 0.6 is 0 Å². The average molecular weight is 489 g/mol. The number of rotatable bonds is 14. The van der Waals surface area contributed by atoms with E-state index in [0.717, 1.165) is 69.7 Å². The molecule has 2 aliphatic heterocycles. The molecule has 0 aliphatic carbocycles. The summed E-state index contributed by atoms with van der Waals surface area (Å²) in [5, 5.41) is 0. The zero-order valence-corrected chi connectivity index (χ0v) is 23.0. The van der Waals surface area contributed by atoms with Crippen molar-refractivity contribution in [1.29, 1.82) is 0 Å². The van der Waals surface area contributed by atoms with Gasteiger partial charge < -0.3 is 19.1 Å². The zero-order chi connectivity index (χ0) is 25.4. The highest BCUT2D eigenvalue weighted by Crippen LogP contribution is 2.46. The third-order valence-electron chi connectivity index (χ3n) is 7.65. The molecule has 0 saturated carbocycles. The largest absolute Gasteiger partial charge is 0.493 e. The lowest BCUT2D eigenvalue weighted by atomic mass is 9.80. The van der Waals surface area contributed by atoms with Gasteiger partial charge in [-0.05, 0) is 61.1 Å². The van der Waals surface area contributed by atoms with Gasteiger partial charge >= 0.3 is 0 Å². The lowest BCUT2D eigenvalue weighted by Gasteiger charge is -2.33. The van der Waals surface area contributed by atoms with Gasteiger partial charge in [-0.25, -0.2) is 0 Å². The van der Waals surface area contributed by atoms with Crippen LogP contribution in [0.2, 0.25) is 0 Å². The Kier molecular flexibility index (Phi) is 10.1. The van der Waals surface area contributed by atoms with Gasteiger partial charge in [0.15, 0.2) is 11.5 Å². The van der Waals surface area contributed by atoms with Crippen LogP contribution in [-0.2, 0) is 4.79 Å². The van der Waals surface area contributed by atoms with Crippen molar-refractivity contribution in [2.75, 3.05) is 40.1 Å². The van der Waals surface area contributed by atoms with Gasteiger partial charge in [0.25, 0.3) is 0 Å². The summed E-state index contributed by atoms with van der Waals surface area (Å²) in [6.45, 7) is 14.8. The van der Waals surface area contributed by atoms with Gasteiger partial charge in [-0.1, -0.05) is 53.9 Å². The molecule has 6 nitrogen and oxygen atoms in total. The van der Waals surface area contributed by atoms with E-state index >= 15 is 0 Å². The molecule has 1 aromatic rings. The highest BCUT2D eigenvalue weighted by Gasteiger charge is 2.38. The number of benzene rings is 1. The van der Waals surface area contributed by atoms with E-state index < -0.39 is 0 Å². The molecule has 35 heavy (non-hydrogen) atoms. The molecule has 1 amide bonds. The highest BCUT2D eigenvalue weighted by atomic mass is 16.7. The molecule has 0 bridgehead atoms. The van der Waals surface area contributed by atoms with Crippen molar-refractivity contribution in [2.45, 2.75) is 97.9 Å². The first-order valence-corrected chi connectivity index (χ1v) is 13.8. The Morgan fingerprint density at radius 2 is 1.83 bits per heavy atom. The minimum absolute atomic E-state index is 0.236. The molecule has 2 heterocycles. The molecule has 0 unspecified atom stereocenters. The smallest absolute Gasteiger partial charge is 0.236 e. The summed E-state index contributed by atoms with van der Waals surface area (Å²) < 4.78 is 16.9. The number of nitrogens with zero attached hydrogens (tertiary/aromatic N) is 2. The molecule has 0 aromatic heterocycles. The number of hydrogen-bond acceptors (Lipinski definition) is 5. The molecule has 1 saturated heterocycles. The average Bonchev–Trinajstić information content (AvgIpc) is 3.45. The predicted octanol–water partition coefficient (Wildman–Crippen LogP) is 6.23. The van der Waals surface area contributed by atoms with E-state index in [2.05, 4.69) is 56.6 Å². The molecule has 6 heteroatoms. The molecule has 3 rings (SSSR count). The molecule has 1 aromatic carbocycles. The first-order valence-electron chi connectivity index (χ1n) is 13.8. The van der Waals surface area contributed by atoms with Crippen molar-refractivity contribution in [1.82, 2.24) is 9.80 Å². The van der Waals surface area contributed by atoms with Crippen molar-refractivity contribution in [2.24, 2.45) is 5.41 Å². The van der Waals surface area contributed by atoms with Gasteiger partial charge in [0, 0.05) is 25.7 Å². The van der Waals surface area contributed by atoms with Gasteiger partial charge in [0.2, 0.25) is 18.4 Å². The maximum atomic E-state index is 13.5. The second-order valence-electron chi connectivity index (χ2n) is 11.2. The number of likely N-dealkylation sites (tertiary alicyclic amines) is 1. The molecule has 2 aliphatic rings. The third-order valence-corrected chi connectivity index (χ3v) is 7.65. The van der Waals surface area contributed by atoms with Crippen LogP contribution < -0.4 is 14.2 Å². The van der Waals surface area contributed by atoms with Crippen LogP contribution in [0.3, 0.4) is 0 Å². The van der Waals surface area contributed by atoms with E-state index in [4.69, 9.17) is 14.2 Å².